The van der Waals surface area contributed by atoms with Crippen LogP contribution in [0.4, 0.5) is 0 Å². The van der Waals surface area contributed by atoms with Gasteiger partial charge < -0.3 is 9.13 Å². The van der Waals surface area contributed by atoms with Gasteiger partial charge in [0.15, 0.2) is 17.5 Å². The SMILES string of the molecule is Cc1ccc(-c2ccc3c4ccccc4n(-c4ccc(-c5ccc6c(c5)c5ccccc5n6-c5ccccc5)cc4-c4nc(-c5ccccc5)nc(-c5ccccc5)n4)c3c2)cc1. The average molecular weight is 806 g/mol. The van der Waals surface area contributed by atoms with E-state index < -0.39 is 0 Å². The van der Waals surface area contributed by atoms with E-state index in [1.807, 2.05) is 36.4 Å². The predicted octanol–water partition coefficient (Wildman–Crippen LogP) is 14.7. The molecule has 296 valence electrons. The summed E-state index contributed by atoms with van der Waals surface area (Å²) in [5, 5.41) is 4.77. The molecule has 12 aromatic rings. The molecular weight excluding hydrogens is 767 g/mol. The maximum absolute atomic E-state index is 5.33. The third-order valence-corrected chi connectivity index (χ3v) is 12.3. The molecule has 0 unspecified atom stereocenters. The van der Waals surface area contributed by atoms with Gasteiger partial charge in [0.25, 0.3) is 0 Å². The second kappa shape index (κ2) is 14.9. The van der Waals surface area contributed by atoms with Crippen molar-refractivity contribution in [2.75, 3.05) is 0 Å². The topological polar surface area (TPSA) is 48.5 Å². The lowest BCUT2D eigenvalue weighted by atomic mass is 9.99. The van der Waals surface area contributed by atoms with Crippen molar-refractivity contribution in [3.63, 3.8) is 0 Å². The zero-order chi connectivity index (χ0) is 41.9. The summed E-state index contributed by atoms with van der Waals surface area (Å²) >= 11 is 0. The summed E-state index contributed by atoms with van der Waals surface area (Å²) in [6.45, 7) is 2.13. The molecule has 3 heterocycles. The van der Waals surface area contributed by atoms with Crippen LogP contribution >= 0.6 is 0 Å². The first-order valence-corrected chi connectivity index (χ1v) is 21.4. The van der Waals surface area contributed by atoms with Crippen molar-refractivity contribution in [3.8, 4) is 67.8 Å². The zero-order valence-corrected chi connectivity index (χ0v) is 34.5. The van der Waals surface area contributed by atoms with Gasteiger partial charge in [0, 0.05) is 43.9 Å². The molecule has 0 bridgehead atoms. The second-order valence-electron chi connectivity index (χ2n) is 16.1. The van der Waals surface area contributed by atoms with Crippen LogP contribution in [0.3, 0.4) is 0 Å². The van der Waals surface area contributed by atoms with E-state index in [1.165, 1.54) is 38.2 Å². The summed E-state index contributed by atoms with van der Waals surface area (Å²) in [6.07, 6.45) is 0. The Morgan fingerprint density at radius 3 is 1.46 bits per heavy atom. The van der Waals surface area contributed by atoms with Crippen molar-refractivity contribution in [3.05, 3.63) is 224 Å². The molecule has 12 rings (SSSR count). The largest absolute Gasteiger partial charge is 0.309 e. The molecule has 9 aromatic carbocycles. The Morgan fingerprint density at radius 2 is 0.778 bits per heavy atom. The Balaban J connectivity index is 1.13. The monoisotopic (exact) mass is 805 g/mol. The fraction of sp³-hybridized carbons (Fsp3) is 0.0172. The van der Waals surface area contributed by atoms with Crippen LogP contribution in [0.15, 0.2) is 218 Å². The average Bonchev–Trinajstić information content (AvgIpc) is 3.87. The predicted molar refractivity (Wildman–Crippen MR) is 260 cm³/mol. The number of hydrogen-bond donors (Lipinski definition) is 0. The van der Waals surface area contributed by atoms with Crippen molar-refractivity contribution in [1.82, 2.24) is 24.1 Å². The molecule has 0 spiro atoms. The highest BCUT2D eigenvalue weighted by atomic mass is 15.1. The van der Waals surface area contributed by atoms with E-state index in [4.69, 9.17) is 15.0 Å². The van der Waals surface area contributed by atoms with Crippen molar-refractivity contribution in [2.24, 2.45) is 0 Å². The highest BCUT2D eigenvalue weighted by Gasteiger charge is 2.22. The maximum Gasteiger partial charge on any atom is 0.166 e. The quantitative estimate of drug-likeness (QED) is 0.161. The van der Waals surface area contributed by atoms with Gasteiger partial charge in [-0.15, -0.1) is 0 Å². The fourth-order valence-electron chi connectivity index (χ4n) is 9.18. The zero-order valence-electron chi connectivity index (χ0n) is 34.5. The molecule has 3 aromatic heterocycles. The van der Waals surface area contributed by atoms with E-state index in [0.29, 0.717) is 17.5 Å². The van der Waals surface area contributed by atoms with Gasteiger partial charge in [-0.05, 0) is 83.8 Å². The van der Waals surface area contributed by atoms with Crippen LogP contribution in [0.1, 0.15) is 5.56 Å². The second-order valence-corrected chi connectivity index (χ2v) is 16.1. The molecule has 63 heavy (non-hydrogen) atoms. The fourth-order valence-corrected chi connectivity index (χ4v) is 9.18. The Kier molecular flexibility index (Phi) is 8.64. The molecule has 0 amide bonds. The number of aromatic nitrogens is 5. The van der Waals surface area contributed by atoms with Crippen LogP contribution in [0.5, 0.6) is 0 Å². The Labute approximate surface area is 364 Å². The van der Waals surface area contributed by atoms with E-state index in [0.717, 1.165) is 61.3 Å². The van der Waals surface area contributed by atoms with E-state index in [1.54, 1.807) is 0 Å². The van der Waals surface area contributed by atoms with Gasteiger partial charge in [-0.2, -0.15) is 0 Å². The van der Waals surface area contributed by atoms with Crippen molar-refractivity contribution >= 4 is 43.6 Å². The number of nitrogens with zero attached hydrogens (tertiary/aromatic N) is 5. The smallest absolute Gasteiger partial charge is 0.166 e. The van der Waals surface area contributed by atoms with Gasteiger partial charge in [-0.1, -0.05) is 169 Å². The lowest BCUT2D eigenvalue weighted by molar-refractivity contribution is 1.06. The number of hydrogen-bond acceptors (Lipinski definition) is 3. The molecule has 0 aliphatic carbocycles. The van der Waals surface area contributed by atoms with E-state index in [2.05, 4.69) is 198 Å². The molecule has 0 atom stereocenters. The molecule has 0 saturated heterocycles. The third-order valence-electron chi connectivity index (χ3n) is 12.3. The summed E-state index contributed by atoms with van der Waals surface area (Å²) < 4.78 is 4.75. The highest BCUT2D eigenvalue weighted by molar-refractivity contribution is 6.12. The van der Waals surface area contributed by atoms with Gasteiger partial charge in [0.05, 0.1) is 27.8 Å². The van der Waals surface area contributed by atoms with Crippen molar-refractivity contribution < 1.29 is 0 Å². The van der Waals surface area contributed by atoms with E-state index in [-0.39, 0.29) is 0 Å². The molecule has 5 nitrogen and oxygen atoms in total. The molecule has 0 aliphatic heterocycles. The summed E-state index contributed by atoms with van der Waals surface area (Å²) in [6, 6.07) is 77.6. The minimum atomic E-state index is 0.599. The first-order chi connectivity index (χ1) is 31.1. The first kappa shape index (κ1) is 36.4. The van der Waals surface area contributed by atoms with Gasteiger partial charge in [-0.3, -0.25) is 0 Å². The van der Waals surface area contributed by atoms with Crippen LogP contribution in [0, 0.1) is 6.92 Å². The lowest BCUT2D eigenvalue weighted by Crippen LogP contribution is -2.04. The molecule has 5 heteroatoms. The van der Waals surface area contributed by atoms with Crippen LogP contribution in [0.25, 0.3) is 111 Å². The molecule has 0 radical (unpaired) electrons. The first-order valence-electron chi connectivity index (χ1n) is 21.4. The molecule has 0 N–H and O–H groups in total. The number of aryl methyl sites for hydroxylation is 1. The number of benzene rings is 9. The van der Waals surface area contributed by atoms with Crippen LogP contribution < -0.4 is 0 Å². The van der Waals surface area contributed by atoms with Gasteiger partial charge in [0.2, 0.25) is 0 Å². The van der Waals surface area contributed by atoms with Crippen LogP contribution in [-0.2, 0) is 0 Å². The van der Waals surface area contributed by atoms with Gasteiger partial charge >= 0.3 is 0 Å². The third kappa shape index (κ3) is 6.29. The molecular formula is C58H39N5. The Bertz CT molecular complexity index is 3600. The van der Waals surface area contributed by atoms with Crippen molar-refractivity contribution in [1.29, 1.82) is 0 Å². The van der Waals surface area contributed by atoms with E-state index in [9.17, 15) is 0 Å². The molecule has 0 saturated carbocycles. The number of para-hydroxylation sites is 3. The van der Waals surface area contributed by atoms with Crippen molar-refractivity contribution in [2.45, 2.75) is 6.92 Å². The number of rotatable bonds is 7. The van der Waals surface area contributed by atoms with Crippen LogP contribution in [0.2, 0.25) is 0 Å². The summed E-state index contributed by atoms with van der Waals surface area (Å²) in [5.74, 6) is 1.84. The standard InChI is InChI=1S/C58H39N5/c1-38-25-27-39(28-26-38)44-29-32-48-46-21-11-14-24-52(46)63(55(48)37-44)54-34-31-43(42-30-33-53-49(35-42)47-22-12-13-23-51(47)62(53)45-19-9-4-10-20-45)36-50(54)58-60-56(40-15-5-2-6-16-40)59-57(61-58)41-17-7-3-8-18-41/h2-37H,1H3. The minimum Gasteiger partial charge on any atom is -0.309 e. The summed E-state index contributed by atoms with van der Waals surface area (Å²) in [5.41, 5.74) is 15.2. The van der Waals surface area contributed by atoms with E-state index >= 15 is 0 Å². The number of fused-ring (bicyclic) bond motifs is 6. The van der Waals surface area contributed by atoms with Gasteiger partial charge in [0.1, 0.15) is 0 Å². The lowest BCUT2D eigenvalue weighted by Gasteiger charge is -2.17. The summed E-state index contributed by atoms with van der Waals surface area (Å²) in [7, 11) is 0. The van der Waals surface area contributed by atoms with Crippen LogP contribution in [-0.4, -0.2) is 24.1 Å². The highest BCUT2D eigenvalue weighted by Crippen LogP contribution is 2.41. The minimum absolute atomic E-state index is 0.599. The Morgan fingerprint density at radius 1 is 0.302 bits per heavy atom. The summed E-state index contributed by atoms with van der Waals surface area (Å²) in [4.78, 5) is 15.7. The normalized spacial score (nSPS) is 11.6. The molecule has 0 aliphatic rings. The van der Waals surface area contributed by atoms with Gasteiger partial charge in [-0.25, -0.2) is 15.0 Å². The Hall–Kier alpha value is -8.41. The molecule has 0 fully saturated rings. The maximum atomic E-state index is 5.33.